The highest BCUT2D eigenvalue weighted by molar-refractivity contribution is 6.36. The molecule has 0 aliphatic carbocycles. The number of piperidine rings is 1. The lowest BCUT2D eigenvalue weighted by atomic mass is 9.97. The molecule has 1 aromatic rings. The number of primary amides is 1. The van der Waals surface area contributed by atoms with Gasteiger partial charge in [-0.3, -0.25) is 9.59 Å². The van der Waals surface area contributed by atoms with Gasteiger partial charge in [0.15, 0.2) is 6.61 Å². The van der Waals surface area contributed by atoms with Crippen LogP contribution in [0, 0.1) is 11.7 Å². The lowest BCUT2D eigenvalue weighted by molar-refractivity contribution is -0.137. The predicted octanol–water partition coefficient (Wildman–Crippen LogP) is 2.01. The second-order valence-corrected chi connectivity index (χ2v) is 6.22. The van der Waals surface area contributed by atoms with E-state index in [1.54, 1.807) is 0 Å². The first kappa shape index (κ1) is 18.5. The molecule has 2 N–H and O–H groups in total. The summed E-state index contributed by atoms with van der Waals surface area (Å²) in [6, 6.07) is 1.93. The van der Waals surface area contributed by atoms with Crippen LogP contribution < -0.4 is 5.73 Å². The number of likely N-dealkylation sites (tertiary alicyclic amines) is 1. The van der Waals surface area contributed by atoms with Crippen LogP contribution in [-0.4, -0.2) is 42.4 Å². The number of amides is 2. The van der Waals surface area contributed by atoms with E-state index in [1.165, 1.54) is 4.90 Å². The van der Waals surface area contributed by atoms with Crippen LogP contribution in [0.15, 0.2) is 12.1 Å². The molecule has 0 aromatic heterocycles. The molecule has 1 heterocycles. The number of esters is 1. The van der Waals surface area contributed by atoms with E-state index in [-0.39, 0.29) is 22.2 Å². The van der Waals surface area contributed by atoms with Crippen LogP contribution >= 0.6 is 23.2 Å². The number of halogens is 3. The molecular formula is C15H15Cl2FN2O4. The summed E-state index contributed by atoms with van der Waals surface area (Å²) in [6.45, 7) is 0.115. The van der Waals surface area contributed by atoms with Gasteiger partial charge >= 0.3 is 5.97 Å². The summed E-state index contributed by atoms with van der Waals surface area (Å²) in [7, 11) is 0. The van der Waals surface area contributed by atoms with Crippen LogP contribution in [0.3, 0.4) is 0 Å². The first-order chi connectivity index (χ1) is 11.3. The minimum Gasteiger partial charge on any atom is -0.452 e. The molecule has 1 aromatic carbocycles. The van der Waals surface area contributed by atoms with Gasteiger partial charge in [0.05, 0.1) is 21.5 Å². The SMILES string of the molecule is NC(=O)[C@H]1CCCN(C(=O)COC(=O)c2cc(F)c(Cl)cc2Cl)C1. The third-order valence-corrected chi connectivity index (χ3v) is 4.34. The van der Waals surface area contributed by atoms with Crippen molar-refractivity contribution in [3.8, 4) is 0 Å². The van der Waals surface area contributed by atoms with Gasteiger partial charge in [-0.05, 0) is 25.0 Å². The van der Waals surface area contributed by atoms with Gasteiger partial charge in [-0.25, -0.2) is 9.18 Å². The lowest BCUT2D eigenvalue weighted by Gasteiger charge is -2.31. The Hall–Kier alpha value is -1.86. The van der Waals surface area contributed by atoms with Crippen molar-refractivity contribution < 1.29 is 23.5 Å². The molecule has 0 radical (unpaired) electrons. The Morgan fingerprint density at radius 2 is 2.00 bits per heavy atom. The van der Waals surface area contributed by atoms with E-state index >= 15 is 0 Å². The van der Waals surface area contributed by atoms with Crippen molar-refractivity contribution >= 4 is 41.0 Å². The van der Waals surface area contributed by atoms with Crippen molar-refractivity contribution in [1.82, 2.24) is 4.90 Å². The van der Waals surface area contributed by atoms with Crippen molar-refractivity contribution in [2.24, 2.45) is 11.7 Å². The second-order valence-electron chi connectivity index (χ2n) is 5.40. The highest BCUT2D eigenvalue weighted by Crippen LogP contribution is 2.25. The molecule has 1 aliphatic heterocycles. The molecule has 9 heteroatoms. The van der Waals surface area contributed by atoms with Crippen molar-refractivity contribution in [3.63, 3.8) is 0 Å². The maximum atomic E-state index is 13.4. The molecule has 2 amide bonds. The summed E-state index contributed by atoms with van der Waals surface area (Å²) in [6.07, 6.45) is 1.26. The standard InChI is InChI=1S/C15H15Cl2FN2O4/c16-10-5-11(17)12(18)4-9(10)15(23)24-7-13(21)20-3-1-2-8(6-20)14(19)22/h4-5,8H,1-3,6-7H2,(H2,19,22)/t8-/m0/s1. The minimum atomic E-state index is -0.938. The normalized spacial score (nSPS) is 17.5. The van der Waals surface area contributed by atoms with E-state index in [1.807, 2.05) is 0 Å². The van der Waals surface area contributed by atoms with Crippen molar-refractivity contribution in [2.75, 3.05) is 19.7 Å². The molecule has 2 rings (SSSR count). The number of nitrogens with zero attached hydrogens (tertiary/aromatic N) is 1. The molecule has 1 saturated heterocycles. The number of carbonyl (C=O) groups is 3. The molecule has 0 saturated carbocycles. The molecule has 130 valence electrons. The predicted molar refractivity (Wildman–Crippen MR) is 85.2 cm³/mol. The van der Waals surface area contributed by atoms with Gasteiger partial charge in [0, 0.05) is 13.1 Å². The Morgan fingerprint density at radius 3 is 2.67 bits per heavy atom. The van der Waals surface area contributed by atoms with E-state index in [0.29, 0.717) is 19.4 Å². The first-order valence-corrected chi connectivity index (χ1v) is 7.94. The number of benzene rings is 1. The fourth-order valence-corrected chi connectivity index (χ4v) is 2.87. The van der Waals surface area contributed by atoms with E-state index in [4.69, 9.17) is 33.7 Å². The molecule has 1 atom stereocenters. The van der Waals surface area contributed by atoms with Gasteiger partial charge in [0.1, 0.15) is 5.82 Å². The Morgan fingerprint density at radius 1 is 1.29 bits per heavy atom. The molecule has 0 spiro atoms. The smallest absolute Gasteiger partial charge is 0.340 e. The quantitative estimate of drug-likeness (QED) is 0.642. The summed E-state index contributed by atoms with van der Waals surface area (Å²) >= 11 is 11.4. The molecule has 0 unspecified atom stereocenters. The van der Waals surface area contributed by atoms with E-state index in [2.05, 4.69) is 0 Å². The maximum Gasteiger partial charge on any atom is 0.340 e. The molecule has 6 nitrogen and oxygen atoms in total. The Kier molecular flexibility index (Phi) is 6.01. The van der Waals surface area contributed by atoms with Crippen molar-refractivity contribution in [1.29, 1.82) is 0 Å². The fraction of sp³-hybridized carbons (Fsp3) is 0.400. The molecule has 24 heavy (non-hydrogen) atoms. The van der Waals surface area contributed by atoms with E-state index in [0.717, 1.165) is 12.1 Å². The average molecular weight is 377 g/mol. The number of rotatable bonds is 4. The van der Waals surface area contributed by atoms with Gasteiger partial charge in [0.25, 0.3) is 5.91 Å². The third kappa shape index (κ3) is 4.36. The largest absolute Gasteiger partial charge is 0.452 e. The third-order valence-electron chi connectivity index (χ3n) is 3.73. The van der Waals surface area contributed by atoms with Crippen LogP contribution in [0.2, 0.25) is 10.0 Å². The number of hydrogen-bond donors (Lipinski definition) is 1. The summed E-state index contributed by atoms with van der Waals surface area (Å²) in [5.74, 6) is -3.09. The van der Waals surface area contributed by atoms with Crippen molar-refractivity contribution in [2.45, 2.75) is 12.8 Å². The van der Waals surface area contributed by atoms with Gasteiger partial charge < -0.3 is 15.4 Å². The highest BCUT2D eigenvalue weighted by Gasteiger charge is 2.27. The molecule has 1 fully saturated rings. The second kappa shape index (κ2) is 7.81. The fourth-order valence-electron chi connectivity index (χ4n) is 2.41. The average Bonchev–Trinajstić information content (AvgIpc) is 2.55. The Labute approximate surface area is 147 Å². The molecule has 1 aliphatic rings. The van der Waals surface area contributed by atoms with Crippen LogP contribution in [0.4, 0.5) is 4.39 Å². The first-order valence-electron chi connectivity index (χ1n) is 7.18. The molecular weight excluding hydrogens is 362 g/mol. The number of carbonyl (C=O) groups excluding carboxylic acids is 3. The lowest BCUT2D eigenvalue weighted by Crippen LogP contribution is -2.45. The van der Waals surface area contributed by atoms with Gasteiger partial charge in [-0.15, -0.1) is 0 Å². The zero-order valence-corrected chi connectivity index (χ0v) is 14.1. The van der Waals surface area contributed by atoms with Crippen LogP contribution in [0.5, 0.6) is 0 Å². The van der Waals surface area contributed by atoms with Crippen LogP contribution in [0.1, 0.15) is 23.2 Å². The van der Waals surface area contributed by atoms with E-state index in [9.17, 15) is 18.8 Å². The summed E-state index contributed by atoms with van der Waals surface area (Å²) < 4.78 is 18.3. The topological polar surface area (TPSA) is 89.7 Å². The number of hydrogen-bond acceptors (Lipinski definition) is 4. The van der Waals surface area contributed by atoms with Gasteiger partial charge in [-0.2, -0.15) is 0 Å². The Bertz CT molecular complexity index is 684. The molecule has 0 bridgehead atoms. The Balaban J connectivity index is 1.95. The maximum absolute atomic E-state index is 13.4. The summed E-state index contributed by atoms with van der Waals surface area (Å²) in [4.78, 5) is 36.6. The van der Waals surface area contributed by atoms with Gasteiger partial charge in [0.2, 0.25) is 5.91 Å². The van der Waals surface area contributed by atoms with Crippen LogP contribution in [0.25, 0.3) is 0 Å². The van der Waals surface area contributed by atoms with E-state index < -0.39 is 36.1 Å². The zero-order valence-electron chi connectivity index (χ0n) is 12.6. The zero-order chi connectivity index (χ0) is 17.9. The minimum absolute atomic E-state index is 0.0781. The summed E-state index contributed by atoms with van der Waals surface area (Å²) in [5, 5.41) is -0.302. The monoisotopic (exact) mass is 376 g/mol. The number of ether oxygens (including phenoxy) is 1. The van der Waals surface area contributed by atoms with Crippen LogP contribution in [-0.2, 0) is 14.3 Å². The van der Waals surface area contributed by atoms with Crippen molar-refractivity contribution in [3.05, 3.63) is 33.6 Å². The highest BCUT2D eigenvalue weighted by atomic mass is 35.5. The number of nitrogens with two attached hydrogens (primary N) is 1. The van der Waals surface area contributed by atoms with Gasteiger partial charge in [-0.1, -0.05) is 23.2 Å². The summed E-state index contributed by atoms with van der Waals surface area (Å²) in [5.41, 5.74) is 5.03.